The van der Waals surface area contributed by atoms with Crippen LogP contribution in [0.1, 0.15) is 30.9 Å². The SMILES string of the molecule is CC(CCC(=O)On1ccnc1)(c1ccc(O)cc1)c1ccc(O)cc1. The van der Waals surface area contributed by atoms with Crippen molar-refractivity contribution in [2.24, 2.45) is 0 Å². The lowest BCUT2D eigenvalue weighted by Gasteiger charge is -2.31. The van der Waals surface area contributed by atoms with Gasteiger partial charge in [0, 0.05) is 18.0 Å². The first kappa shape index (κ1) is 17.5. The third-order valence-corrected chi connectivity index (χ3v) is 4.53. The molecule has 0 bridgehead atoms. The molecule has 0 atom stereocenters. The fourth-order valence-electron chi connectivity index (χ4n) is 2.93. The molecule has 6 nitrogen and oxygen atoms in total. The highest BCUT2D eigenvalue weighted by molar-refractivity contribution is 5.70. The second-order valence-corrected chi connectivity index (χ2v) is 6.31. The van der Waals surface area contributed by atoms with Gasteiger partial charge >= 0.3 is 5.97 Å². The summed E-state index contributed by atoms with van der Waals surface area (Å²) in [6.07, 6.45) is 5.19. The highest BCUT2D eigenvalue weighted by atomic mass is 16.7. The van der Waals surface area contributed by atoms with Gasteiger partial charge in [0.15, 0.2) is 0 Å². The van der Waals surface area contributed by atoms with Crippen LogP contribution in [0.5, 0.6) is 11.5 Å². The molecule has 0 amide bonds. The van der Waals surface area contributed by atoms with Gasteiger partial charge in [-0.05, 0) is 41.8 Å². The van der Waals surface area contributed by atoms with Crippen LogP contribution in [-0.2, 0) is 10.2 Å². The highest BCUT2D eigenvalue weighted by Gasteiger charge is 2.30. The number of aromatic nitrogens is 2. The number of hydrogen-bond acceptors (Lipinski definition) is 5. The van der Waals surface area contributed by atoms with Crippen molar-refractivity contribution in [2.45, 2.75) is 25.2 Å². The Balaban J connectivity index is 1.84. The Bertz CT molecular complexity index is 810. The van der Waals surface area contributed by atoms with Gasteiger partial charge in [-0.25, -0.2) is 9.78 Å². The van der Waals surface area contributed by atoms with E-state index in [-0.39, 0.29) is 23.9 Å². The third kappa shape index (κ3) is 3.85. The molecular weight excluding hydrogens is 332 g/mol. The van der Waals surface area contributed by atoms with E-state index >= 15 is 0 Å². The quantitative estimate of drug-likeness (QED) is 0.712. The van der Waals surface area contributed by atoms with E-state index in [9.17, 15) is 15.0 Å². The molecule has 0 aliphatic heterocycles. The summed E-state index contributed by atoms with van der Waals surface area (Å²) >= 11 is 0. The standard InChI is InChI=1S/C20H20N2O4/c1-20(15-2-6-17(23)7-3-15,16-4-8-18(24)9-5-16)11-10-19(25)26-22-13-12-21-14-22/h2-9,12-14,23-24H,10-11H2,1H3. The Morgan fingerprint density at radius 2 is 1.58 bits per heavy atom. The molecular formula is C20H20N2O4. The lowest BCUT2D eigenvalue weighted by Crippen LogP contribution is -2.27. The van der Waals surface area contributed by atoms with Gasteiger partial charge in [0.2, 0.25) is 0 Å². The molecule has 0 saturated carbocycles. The molecule has 0 spiro atoms. The van der Waals surface area contributed by atoms with Crippen molar-refractivity contribution in [1.29, 1.82) is 0 Å². The minimum Gasteiger partial charge on any atom is -0.508 e. The molecule has 0 fully saturated rings. The second kappa shape index (κ2) is 7.31. The topological polar surface area (TPSA) is 84.6 Å². The number of carbonyl (C=O) groups is 1. The molecule has 3 rings (SSSR count). The number of hydrogen-bond donors (Lipinski definition) is 2. The molecule has 134 valence electrons. The van der Waals surface area contributed by atoms with Crippen LogP contribution in [0.4, 0.5) is 0 Å². The van der Waals surface area contributed by atoms with E-state index in [0.717, 1.165) is 11.1 Å². The first-order valence-corrected chi connectivity index (χ1v) is 8.25. The zero-order valence-corrected chi connectivity index (χ0v) is 14.4. The Kier molecular flexibility index (Phi) is 4.93. The molecule has 0 aliphatic rings. The number of phenols is 2. The van der Waals surface area contributed by atoms with E-state index < -0.39 is 5.41 Å². The van der Waals surface area contributed by atoms with Crippen LogP contribution in [0.2, 0.25) is 0 Å². The average Bonchev–Trinajstić information content (AvgIpc) is 3.14. The average molecular weight is 352 g/mol. The van der Waals surface area contributed by atoms with Gasteiger partial charge in [0.1, 0.15) is 17.8 Å². The molecule has 26 heavy (non-hydrogen) atoms. The molecule has 1 aromatic heterocycles. The summed E-state index contributed by atoms with van der Waals surface area (Å²) in [6, 6.07) is 13.8. The molecule has 0 aliphatic carbocycles. The smallest absolute Gasteiger partial charge is 0.332 e. The predicted molar refractivity (Wildman–Crippen MR) is 95.7 cm³/mol. The molecule has 0 unspecified atom stereocenters. The zero-order chi connectivity index (χ0) is 18.6. The van der Waals surface area contributed by atoms with Gasteiger partial charge in [-0.3, -0.25) is 0 Å². The maximum Gasteiger partial charge on any atom is 0.332 e. The second-order valence-electron chi connectivity index (χ2n) is 6.31. The van der Waals surface area contributed by atoms with Crippen molar-refractivity contribution in [1.82, 2.24) is 9.71 Å². The van der Waals surface area contributed by atoms with Crippen molar-refractivity contribution in [3.63, 3.8) is 0 Å². The molecule has 6 heteroatoms. The van der Waals surface area contributed by atoms with Gasteiger partial charge in [-0.15, -0.1) is 0 Å². The molecule has 0 saturated heterocycles. The molecule has 2 aromatic carbocycles. The van der Waals surface area contributed by atoms with Crippen LogP contribution in [0.15, 0.2) is 67.3 Å². The minimum absolute atomic E-state index is 0.182. The molecule has 1 heterocycles. The summed E-state index contributed by atoms with van der Waals surface area (Å²) in [5.74, 6) is -0.00516. The van der Waals surface area contributed by atoms with Gasteiger partial charge in [-0.2, -0.15) is 4.73 Å². The highest BCUT2D eigenvalue weighted by Crippen LogP contribution is 2.37. The first-order valence-electron chi connectivity index (χ1n) is 8.25. The Morgan fingerprint density at radius 3 is 2.04 bits per heavy atom. The fourth-order valence-corrected chi connectivity index (χ4v) is 2.93. The van der Waals surface area contributed by atoms with E-state index in [4.69, 9.17) is 4.84 Å². The summed E-state index contributed by atoms with van der Waals surface area (Å²) in [4.78, 5) is 21.2. The van der Waals surface area contributed by atoms with E-state index in [0.29, 0.717) is 6.42 Å². The lowest BCUT2D eigenvalue weighted by atomic mass is 9.73. The van der Waals surface area contributed by atoms with Gasteiger partial charge < -0.3 is 15.1 Å². The van der Waals surface area contributed by atoms with Crippen LogP contribution >= 0.6 is 0 Å². The normalized spacial score (nSPS) is 11.3. The van der Waals surface area contributed by atoms with Crippen LogP contribution in [-0.4, -0.2) is 25.9 Å². The van der Waals surface area contributed by atoms with Gasteiger partial charge in [-0.1, -0.05) is 31.2 Å². The number of carbonyl (C=O) groups excluding carboxylic acids is 1. The van der Waals surface area contributed by atoms with Crippen molar-refractivity contribution in [3.8, 4) is 11.5 Å². The lowest BCUT2D eigenvalue weighted by molar-refractivity contribution is -0.144. The van der Waals surface area contributed by atoms with Crippen molar-refractivity contribution < 1.29 is 19.8 Å². The van der Waals surface area contributed by atoms with Crippen LogP contribution < -0.4 is 4.84 Å². The predicted octanol–water partition coefficient (Wildman–Crippen LogP) is 3.04. The number of rotatable bonds is 6. The monoisotopic (exact) mass is 352 g/mol. The molecule has 3 aromatic rings. The summed E-state index contributed by atoms with van der Waals surface area (Å²) in [6.45, 7) is 2.02. The third-order valence-electron chi connectivity index (χ3n) is 4.53. The van der Waals surface area contributed by atoms with Crippen molar-refractivity contribution >= 4 is 5.97 Å². The maximum atomic E-state index is 12.2. The summed E-state index contributed by atoms with van der Waals surface area (Å²) in [5.41, 5.74) is 1.42. The maximum absolute atomic E-state index is 12.2. The van der Waals surface area contributed by atoms with Gasteiger partial charge in [0.05, 0.1) is 6.20 Å². The van der Waals surface area contributed by atoms with Crippen molar-refractivity contribution in [2.75, 3.05) is 0 Å². The van der Waals surface area contributed by atoms with Crippen molar-refractivity contribution in [3.05, 3.63) is 78.4 Å². The Morgan fingerprint density at radius 1 is 1.04 bits per heavy atom. The number of nitrogens with zero attached hydrogens (tertiary/aromatic N) is 2. The van der Waals surface area contributed by atoms with E-state index in [1.54, 1.807) is 30.5 Å². The first-order chi connectivity index (χ1) is 12.5. The van der Waals surface area contributed by atoms with E-state index in [2.05, 4.69) is 4.98 Å². The number of phenolic OH excluding ortho intramolecular Hbond substituents is 2. The minimum atomic E-state index is -0.491. The number of aromatic hydroxyl groups is 2. The number of imidazole rings is 1. The summed E-state index contributed by atoms with van der Waals surface area (Å²) in [5, 5.41) is 19.2. The largest absolute Gasteiger partial charge is 0.508 e. The van der Waals surface area contributed by atoms with E-state index in [1.807, 2.05) is 31.2 Å². The van der Waals surface area contributed by atoms with E-state index in [1.165, 1.54) is 17.3 Å². The molecule has 2 N–H and O–H groups in total. The fraction of sp³-hybridized carbons (Fsp3) is 0.200. The van der Waals surface area contributed by atoms with Gasteiger partial charge in [0.25, 0.3) is 0 Å². The zero-order valence-electron chi connectivity index (χ0n) is 14.4. The Hall–Kier alpha value is -3.28. The Labute approximate surface area is 151 Å². The van der Waals surface area contributed by atoms with Crippen LogP contribution in [0, 0.1) is 0 Å². The summed E-state index contributed by atoms with van der Waals surface area (Å²) < 4.78 is 1.26. The number of benzene rings is 2. The molecule has 0 radical (unpaired) electrons. The van der Waals surface area contributed by atoms with Crippen LogP contribution in [0.25, 0.3) is 0 Å². The van der Waals surface area contributed by atoms with Crippen LogP contribution in [0.3, 0.4) is 0 Å². The summed E-state index contributed by atoms with van der Waals surface area (Å²) in [7, 11) is 0.